The summed E-state index contributed by atoms with van der Waals surface area (Å²) in [7, 11) is -4.13. The minimum absolute atomic E-state index is 0.0239. The zero-order valence-corrected chi connectivity index (χ0v) is 16.1. The Labute approximate surface area is 166 Å². The van der Waals surface area contributed by atoms with Gasteiger partial charge in [-0.1, -0.05) is 30.3 Å². The molecule has 29 heavy (non-hydrogen) atoms. The third kappa shape index (κ3) is 3.07. The summed E-state index contributed by atoms with van der Waals surface area (Å²) in [6.45, 7) is 1.31. The van der Waals surface area contributed by atoms with Crippen LogP contribution >= 0.6 is 0 Å². The summed E-state index contributed by atoms with van der Waals surface area (Å²) < 4.78 is 26.0. The SMILES string of the molecule is CC(C(=O)NC1=NN(c2ccccc2)C(=O)C1)N1C(=O)c2ccccc2S1(=O)=O. The molecule has 0 saturated carbocycles. The van der Waals surface area contributed by atoms with Crippen LogP contribution in [0.3, 0.4) is 0 Å². The highest BCUT2D eigenvalue weighted by Crippen LogP contribution is 2.31. The van der Waals surface area contributed by atoms with Crippen LogP contribution in [0.4, 0.5) is 5.69 Å². The summed E-state index contributed by atoms with van der Waals surface area (Å²) in [6.07, 6.45) is -0.145. The van der Waals surface area contributed by atoms with Crippen LogP contribution in [0.2, 0.25) is 0 Å². The number of fused-ring (bicyclic) bond motifs is 1. The van der Waals surface area contributed by atoms with E-state index in [1.807, 2.05) is 0 Å². The highest BCUT2D eigenvalue weighted by molar-refractivity contribution is 7.90. The van der Waals surface area contributed by atoms with Crippen LogP contribution in [0.5, 0.6) is 0 Å². The minimum Gasteiger partial charge on any atom is -0.310 e. The van der Waals surface area contributed by atoms with Gasteiger partial charge < -0.3 is 5.32 Å². The predicted octanol–water partition coefficient (Wildman–Crippen LogP) is 1.09. The van der Waals surface area contributed by atoms with Gasteiger partial charge in [-0.25, -0.2) is 12.7 Å². The van der Waals surface area contributed by atoms with E-state index in [2.05, 4.69) is 10.4 Å². The van der Waals surface area contributed by atoms with Crippen molar-refractivity contribution in [1.29, 1.82) is 0 Å². The van der Waals surface area contributed by atoms with E-state index in [-0.39, 0.29) is 28.6 Å². The largest absolute Gasteiger partial charge is 0.310 e. The molecule has 4 rings (SSSR count). The Bertz CT molecular complexity index is 1160. The maximum absolute atomic E-state index is 12.7. The van der Waals surface area contributed by atoms with Crippen molar-refractivity contribution in [3.05, 3.63) is 60.2 Å². The van der Waals surface area contributed by atoms with E-state index < -0.39 is 27.9 Å². The second-order valence-electron chi connectivity index (χ2n) is 6.53. The number of hydrogen-bond acceptors (Lipinski definition) is 6. The van der Waals surface area contributed by atoms with Gasteiger partial charge in [-0.3, -0.25) is 14.4 Å². The summed E-state index contributed by atoms with van der Waals surface area (Å²) in [5.74, 6) is -1.77. The predicted molar refractivity (Wildman–Crippen MR) is 103 cm³/mol. The third-order valence-electron chi connectivity index (χ3n) is 4.63. The Morgan fingerprint density at radius 3 is 2.41 bits per heavy atom. The molecule has 0 fully saturated rings. The molecule has 0 spiro atoms. The van der Waals surface area contributed by atoms with Gasteiger partial charge in [0.05, 0.1) is 17.7 Å². The molecular formula is C19H16N4O5S. The summed E-state index contributed by atoms with van der Waals surface area (Å²) in [4.78, 5) is 37.3. The normalized spacial score (nSPS) is 18.4. The van der Waals surface area contributed by atoms with Crippen LogP contribution in [-0.2, 0) is 19.6 Å². The molecule has 0 radical (unpaired) electrons. The van der Waals surface area contributed by atoms with E-state index in [0.29, 0.717) is 9.99 Å². The van der Waals surface area contributed by atoms with E-state index >= 15 is 0 Å². The number of anilines is 1. The summed E-state index contributed by atoms with van der Waals surface area (Å²) >= 11 is 0. The molecule has 2 heterocycles. The van der Waals surface area contributed by atoms with Gasteiger partial charge in [0, 0.05) is 0 Å². The molecule has 2 aliphatic heterocycles. The number of amidine groups is 1. The first-order valence-electron chi connectivity index (χ1n) is 8.75. The van der Waals surface area contributed by atoms with Crippen molar-refractivity contribution in [3.8, 4) is 0 Å². The number of nitrogens with one attached hydrogen (secondary N) is 1. The molecule has 148 valence electrons. The first kappa shape index (κ1) is 18.8. The summed E-state index contributed by atoms with van der Waals surface area (Å²) in [5, 5.41) is 7.72. The van der Waals surface area contributed by atoms with Crippen molar-refractivity contribution in [2.45, 2.75) is 24.3 Å². The number of hydrazone groups is 1. The van der Waals surface area contributed by atoms with Crippen molar-refractivity contribution in [1.82, 2.24) is 9.62 Å². The second kappa shape index (κ2) is 6.82. The number of para-hydroxylation sites is 1. The van der Waals surface area contributed by atoms with E-state index in [0.717, 1.165) is 5.01 Å². The molecular weight excluding hydrogens is 396 g/mol. The Morgan fingerprint density at radius 1 is 1.07 bits per heavy atom. The van der Waals surface area contributed by atoms with Crippen LogP contribution in [0.25, 0.3) is 0 Å². The maximum atomic E-state index is 12.7. The minimum atomic E-state index is -4.13. The molecule has 9 nitrogen and oxygen atoms in total. The Balaban J connectivity index is 1.54. The molecule has 10 heteroatoms. The molecule has 2 aromatic carbocycles. The molecule has 1 atom stereocenters. The van der Waals surface area contributed by atoms with E-state index in [1.54, 1.807) is 36.4 Å². The fourth-order valence-corrected chi connectivity index (χ4v) is 4.93. The molecule has 1 N–H and O–H groups in total. The number of benzene rings is 2. The van der Waals surface area contributed by atoms with Gasteiger partial charge in [0.1, 0.15) is 16.8 Å². The van der Waals surface area contributed by atoms with Crippen molar-refractivity contribution in [3.63, 3.8) is 0 Å². The lowest BCUT2D eigenvalue weighted by atomic mass is 10.2. The number of rotatable bonds is 3. The summed E-state index contributed by atoms with van der Waals surface area (Å²) in [5.41, 5.74) is 0.568. The van der Waals surface area contributed by atoms with E-state index in [4.69, 9.17) is 0 Å². The number of carbonyl (C=O) groups excluding carboxylic acids is 3. The average molecular weight is 412 g/mol. The number of nitrogens with zero attached hydrogens (tertiary/aromatic N) is 3. The van der Waals surface area contributed by atoms with Crippen LogP contribution in [-0.4, -0.2) is 42.3 Å². The van der Waals surface area contributed by atoms with Crippen molar-refractivity contribution < 1.29 is 22.8 Å². The highest BCUT2D eigenvalue weighted by atomic mass is 32.2. The van der Waals surface area contributed by atoms with Gasteiger partial charge in [-0.05, 0) is 31.2 Å². The first-order valence-corrected chi connectivity index (χ1v) is 10.2. The zero-order chi connectivity index (χ0) is 20.8. The molecule has 0 saturated heterocycles. The fourth-order valence-electron chi connectivity index (χ4n) is 3.21. The number of sulfonamides is 1. The van der Waals surface area contributed by atoms with Gasteiger partial charge in [0.2, 0.25) is 5.91 Å². The van der Waals surface area contributed by atoms with Crippen LogP contribution in [0, 0.1) is 0 Å². The topological polar surface area (TPSA) is 116 Å². The van der Waals surface area contributed by atoms with Crippen LogP contribution < -0.4 is 10.3 Å². The Hall–Kier alpha value is -3.53. The molecule has 0 bridgehead atoms. The van der Waals surface area contributed by atoms with Gasteiger partial charge in [-0.15, -0.1) is 0 Å². The maximum Gasteiger partial charge on any atom is 0.269 e. The second-order valence-corrected chi connectivity index (χ2v) is 8.32. The van der Waals surface area contributed by atoms with Crippen molar-refractivity contribution in [2.75, 3.05) is 5.01 Å². The molecule has 2 aliphatic rings. The molecule has 0 aromatic heterocycles. The molecule has 2 aromatic rings. The average Bonchev–Trinajstić information content (AvgIpc) is 3.17. The summed E-state index contributed by atoms with van der Waals surface area (Å²) in [6, 6.07) is 13.2. The van der Waals surface area contributed by atoms with E-state index in [1.165, 1.54) is 25.1 Å². The van der Waals surface area contributed by atoms with Crippen LogP contribution in [0.1, 0.15) is 23.7 Å². The molecule has 0 aliphatic carbocycles. The molecule has 3 amide bonds. The first-order chi connectivity index (χ1) is 13.8. The van der Waals surface area contributed by atoms with Gasteiger partial charge in [0.15, 0.2) is 0 Å². The van der Waals surface area contributed by atoms with E-state index in [9.17, 15) is 22.8 Å². The van der Waals surface area contributed by atoms with Crippen molar-refractivity contribution >= 4 is 39.3 Å². The zero-order valence-electron chi connectivity index (χ0n) is 15.3. The number of amides is 3. The van der Waals surface area contributed by atoms with Crippen molar-refractivity contribution in [2.24, 2.45) is 5.10 Å². The molecule has 1 unspecified atom stereocenters. The third-order valence-corrected chi connectivity index (χ3v) is 6.54. The quantitative estimate of drug-likeness (QED) is 0.810. The lowest BCUT2D eigenvalue weighted by Crippen LogP contribution is -2.49. The van der Waals surface area contributed by atoms with Gasteiger partial charge in [0.25, 0.3) is 21.8 Å². The van der Waals surface area contributed by atoms with Gasteiger partial charge >= 0.3 is 0 Å². The van der Waals surface area contributed by atoms with Gasteiger partial charge in [-0.2, -0.15) is 10.1 Å². The Morgan fingerprint density at radius 2 is 1.72 bits per heavy atom. The number of carbonyl (C=O) groups is 3. The Kier molecular flexibility index (Phi) is 4.42. The monoisotopic (exact) mass is 412 g/mol. The highest BCUT2D eigenvalue weighted by Gasteiger charge is 2.46. The lowest BCUT2D eigenvalue weighted by Gasteiger charge is -2.22. The fraction of sp³-hybridized carbons (Fsp3) is 0.158. The van der Waals surface area contributed by atoms with Crippen LogP contribution in [0.15, 0.2) is 64.6 Å². The number of hydrogen-bond donors (Lipinski definition) is 1. The standard InChI is InChI=1S/C19H16N4O5S/c1-12(23-19(26)14-9-5-6-10-15(14)29(23,27)28)18(25)20-16-11-17(24)22(21-16)13-7-3-2-4-8-13/h2-10,12H,11H2,1H3,(H,20,21,25). The lowest BCUT2D eigenvalue weighted by molar-refractivity contribution is -0.122. The smallest absolute Gasteiger partial charge is 0.269 e.